The molecule has 2 nitrogen and oxygen atoms in total. The molecule has 0 saturated carbocycles. The number of hydrogen-bond acceptors (Lipinski definition) is 2. The second-order valence-electron chi connectivity index (χ2n) is 4.90. The van der Waals surface area contributed by atoms with Crippen LogP contribution in [-0.2, 0) is 6.42 Å². The number of aromatic nitrogens is 1. The average molecular weight is 311 g/mol. The molecule has 0 aliphatic heterocycles. The molecule has 112 valence electrons. The Morgan fingerprint density at radius 3 is 2.71 bits per heavy atom. The zero-order chi connectivity index (χ0) is 15.2. The third-order valence-corrected chi connectivity index (χ3v) is 3.48. The van der Waals surface area contributed by atoms with Gasteiger partial charge in [0.1, 0.15) is 11.6 Å². The SMILES string of the molecule is CCCNC(Cc1ccc(F)c(Cl)c1)c1cncc(F)c1. The van der Waals surface area contributed by atoms with Crippen LogP contribution in [0.1, 0.15) is 30.5 Å². The number of nitrogens with zero attached hydrogens (tertiary/aromatic N) is 1. The summed E-state index contributed by atoms with van der Waals surface area (Å²) in [6.07, 6.45) is 4.37. The van der Waals surface area contributed by atoms with Crippen molar-refractivity contribution in [3.05, 3.63) is 64.4 Å². The topological polar surface area (TPSA) is 24.9 Å². The van der Waals surface area contributed by atoms with E-state index in [-0.39, 0.29) is 16.9 Å². The maximum Gasteiger partial charge on any atom is 0.141 e. The largest absolute Gasteiger partial charge is 0.310 e. The molecule has 1 aromatic carbocycles. The van der Waals surface area contributed by atoms with E-state index in [4.69, 9.17) is 11.6 Å². The molecule has 0 radical (unpaired) electrons. The molecule has 2 aromatic rings. The molecule has 0 saturated heterocycles. The molecule has 1 unspecified atom stereocenters. The van der Waals surface area contributed by atoms with E-state index in [1.807, 2.05) is 0 Å². The summed E-state index contributed by atoms with van der Waals surface area (Å²) < 4.78 is 26.6. The molecule has 21 heavy (non-hydrogen) atoms. The van der Waals surface area contributed by atoms with Crippen molar-refractivity contribution in [3.63, 3.8) is 0 Å². The normalized spacial score (nSPS) is 12.4. The lowest BCUT2D eigenvalue weighted by Gasteiger charge is -2.19. The number of pyridine rings is 1. The summed E-state index contributed by atoms with van der Waals surface area (Å²) in [6.45, 7) is 2.86. The zero-order valence-corrected chi connectivity index (χ0v) is 12.5. The Morgan fingerprint density at radius 2 is 2.05 bits per heavy atom. The minimum Gasteiger partial charge on any atom is -0.310 e. The van der Waals surface area contributed by atoms with Crippen molar-refractivity contribution >= 4 is 11.6 Å². The lowest BCUT2D eigenvalue weighted by atomic mass is 10.00. The van der Waals surface area contributed by atoms with E-state index in [2.05, 4.69) is 17.2 Å². The molecule has 0 amide bonds. The van der Waals surface area contributed by atoms with Crippen molar-refractivity contribution in [2.75, 3.05) is 6.54 Å². The summed E-state index contributed by atoms with van der Waals surface area (Å²) in [5, 5.41) is 3.45. The molecule has 1 aromatic heterocycles. The lowest BCUT2D eigenvalue weighted by Crippen LogP contribution is -2.24. The molecule has 1 atom stereocenters. The Balaban J connectivity index is 2.21. The van der Waals surface area contributed by atoms with E-state index in [1.54, 1.807) is 18.3 Å². The highest BCUT2D eigenvalue weighted by atomic mass is 35.5. The van der Waals surface area contributed by atoms with E-state index in [9.17, 15) is 8.78 Å². The third-order valence-electron chi connectivity index (χ3n) is 3.19. The molecule has 0 bridgehead atoms. The van der Waals surface area contributed by atoms with Gasteiger partial charge in [0.25, 0.3) is 0 Å². The molecule has 1 heterocycles. The summed E-state index contributed by atoms with van der Waals surface area (Å²) in [7, 11) is 0. The van der Waals surface area contributed by atoms with Crippen molar-refractivity contribution in [1.29, 1.82) is 0 Å². The Hall–Kier alpha value is -1.52. The Kier molecular flexibility index (Phi) is 5.65. The number of halogens is 3. The van der Waals surface area contributed by atoms with Crippen molar-refractivity contribution in [2.45, 2.75) is 25.8 Å². The van der Waals surface area contributed by atoms with Gasteiger partial charge in [-0.15, -0.1) is 0 Å². The van der Waals surface area contributed by atoms with Crippen LogP contribution in [0, 0.1) is 11.6 Å². The fraction of sp³-hybridized carbons (Fsp3) is 0.312. The number of hydrogen-bond donors (Lipinski definition) is 1. The van der Waals surface area contributed by atoms with Crippen molar-refractivity contribution in [3.8, 4) is 0 Å². The smallest absolute Gasteiger partial charge is 0.141 e. The van der Waals surface area contributed by atoms with Gasteiger partial charge in [0.15, 0.2) is 0 Å². The fourth-order valence-electron chi connectivity index (χ4n) is 2.15. The van der Waals surface area contributed by atoms with Gasteiger partial charge in [-0.25, -0.2) is 8.78 Å². The summed E-state index contributed by atoms with van der Waals surface area (Å²) in [5.41, 5.74) is 1.66. The maximum atomic E-state index is 13.3. The van der Waals surface area contributed by atoms with Crippen molar-refractivity contribution < 1.29 is 8.78 Å². The second kappa shape index (κ2) is 7.48. The van der Waals surface area contributed by atoms with Gasteiger partial charge < -0.3 is 5.32 Å². The van der Waals surface area contributed by atoms with Crippen LogP contribution in [0.2, 0.25) is 5.02 Å². The molecule has 0 spiro atoms. The van der Waals surface area contributed by atoms with Gasteiger partial charge in [-0.3, -0.25) is 4.98 Å². The van der Waals surface area contributed by atoms with E-state index in [0.717, 1.165) is 24.1 Å². The van der Waals surface area contributed by atoms with Gasteiger partial charge in [-0.05, 0) is 48.7 Å². The first kappa shape index (κ1) is 15.9. The van der Waals surface area contributed by atoms with Crippen LogP contribution in [0.4, 0.5) is 8.78 Å². The zero-order valence-electron chi connectivity index (χ0n) is 11.7. The fourth-order valence-corrected chi connectivity index (χ4v) is 2.35. The highest BCUT2D eigenvalue weighted by Gasteiger charge is 2.14. The van der Waals surface area contributed by atoms with Crippen molar-refractivity contribution in [1.82, 2.24) is 10.3 Å². The molecule has 2 rings (SSSR count). The predicted octanol–water partition coefficient (Wildman–Crippen LogP) is 4.30. The number of nitrogens with one attached hydrogen (secondary N) is 1. The van der Waals surface area contributed by atoms with E-state index in [0.29, 0.717) is 6.42 Å². The molecule has 0 aliphatic carbocycles. The average Bonchev–Trinajstić information content (AvgIpc) is 2.47. The number of benzene rings is 1. The van der Waals surface area contributed by atoms with Gasteiger partial charge in [0, 0.05) is 12.2 Å². The first-order chi connectivity index (χ1) is 10.1. The molecule has 0 aliphatic rings. The molecule has 0 fully saturated rings. The van der Waals surface area contributed by atoms with E-state index < -0.39 is 5.82 Å². The van der Waals surface area contributed by atoms with Crippen molar-refractivity contribution in [2.24, 2.45) is 0 Å². The van der Waals surface area contributed by atoms with Gasteiger partial charge in [-0.1, -0.05) is 24.6 Å². The van der Waals surface area contributed by atoms with Crippen LogP contribution in [0.3, 0.4) is 0 Å². The lowest BCUT2D eigenvalue weighted by molar-refractivity contribution is 0.521. The van der Waals surface area contributed by atoms with Crippen LogP contribution < -0.4 is 5.32 Å². The molecular formula is C16H17ClF2N2. The van der Waals surface area contributed by atoms with Crippen LogP contribution in [-0.4, -0.2) is 11.5 Å². The standard InChI is InChI=1S/C16H17ClF2N2/c1-2-5-21-16(12-8-13(18)10-20-9-12)7-11-3-4-15(19)14(17)6-11/h3-4,6,8-10,16,21H,2,5,7H2,1H3. The van der Waals surface area contributed by atoms with E-state index in [1.165, 1.54) is 18.3 Å². The third kappa shape index (κ3) is 4.48. The monoisotopic (exact) mass is 310 g/mol. The van der Waals surface area contributed by atoms with Crippen LogP contribution in [0.15, 0.2) is 36.7 Å². The van der Waals surface area contributed by atoms with Gasteiger partial charge in [-0.2, -0.15) is 0 Å². The summed E-state index contributed by atoms with van der Waals surface area (Å²) >= 11 is 5.81. The maximum absolute atomic E-state index is 13.3. The number of rotatable bonds is 6. The Bertz CT molecular complexity index is 605. The first-order valence-electron chi connectivity index (χ1n) is 6.88. The Labute approximate surface area is 128 Å². The van der Waals surface area contributed by atoms with Crippen LogP contribution >= 0.6 is 11.6 Å². The van der Waals surface area contributed by atoms with Crippen LogP contribution in [0.5, 0.6) is 0 Å². The summed E-state index contributed by atoms with van der Waals surface area (Å²) in [4.78, 5) is 3.89. The molecule has 1 N–H and O–H groups in total. The molecular weight excluding hydrogens is 294 g/mol. The second-order valence-corrected chi connectivity index (χ2v) is 5.30. The summed E-state index contributed by atoms with van der Waals surface area (Å²) in [6, 6.07) is 6.01. The van der Waals surface area contributed by atoms with Gasteiger partial charge in [0.05, 0.1) is 11.2 Å². The van der Waals surface area contributed by atoms with Gasteiger partial charge in [0.2, 0.25) is 0 Å². The van der Waals surface area contributed by atoms with Crippen LogP contribution in [0.25, 0.3) is 0 Å². The quantitative estimate of drug-likeness (QED) is 0.860. The van der Waals surface area contributed by atoms with E-state index >= 15 is 0 Å². The minimum absolute atomic E-state index is 0.0883. The summed E-state index contributed by atoms with van der Waals surface area (Å²) in [5.74, 6) is -0.807. The predicted molar refractivity (Wildman–Crippen MR) is 80.3 cm³/mol. The minimum atomic E-state index is -0.439. The Morgan fingerprint density at radius 1 is 1.24 bits per heavy atom. The highest BCUT2D eigenvalue weighted by molar-refractivity contribution is 6.30. The highest BCUT2D eigenvalue weighted by Crippen LogP contribution is 2.22. The first-order valence-corrected chi connectivity index (χ1v) is 7.25. The molecule has 5 heteroatoms. The van der Waals surface area contributed by atoms with Gasteiger partial charge >= 0.3 is 0 Å².